The number of likely N-dealkylation sites (tertiary alicyclic amines) is 1. The fourth-order valence-electron chi connectivity index (χ4n) is 7.55. The number of piperidine rings is 3. The van der Waals surface area contributed by atoms with Crippen LogP contribution in [0.4, 0.5) is 0 Å². The van der Waals surface area contributed by atoms with Crippen molar-refractivity contribution in [2.45, 2.75) is 64.1 Å². The molecule has 1 amide bonds. The second kappa shape index (κ2) is 8.12. The number of hydrogen-bond donors (Lipinski definition) is 0. The molecule has 0 N–H and O–H groups in total. The van der Waals surface area contributed by atoms with Gasteiger partial charge in [0.25, 0.3) is 5.91 Å². The Kier molecular flexibility index (Phi) is 4.98. The molecule has 184 valence electrons. The summed E-state index contributed by atoms with van der Waals surface area (Å²) in [6.07, 6.45) is 11.4. The molecule has 0 spiro atoms. The van der Waals surface area contributed by atoms with Crippen LogP contribution >= 0.6 is 0 Å². The minimum absolute atomic E-state index is 0.119. The number of fused-ring (bicyclic) bond motifs is 8. The number of carbonyl (C=O) groups is 1. The van der Waals surface area contributed by atoms with Gasteiger partial charge in [0.15, 0.2) is 11.5 Å². The van der Waals surface area contributed by atoms with E-state index in [1.54, 1.807) is 12.3 Å². The molecule has 35 heavy (non-hydrogen) atoms. The van der Waals surface area contributed by atoms with Crippen molar-refractivity contribution < 1.29 is 14.3 Å². The van der Waals surface area contributed by atoms with Gasteiger partial charge in [-0.3, -0.25) is 14.5 Å². The van der Waals surface area contributed by atoms with Crippen molar-refractivity contribution in [3.05, 3.63) is 45.8 Å². The molecule has 2 bridgehead atoms. The molecule has 7 nitrogen and oxygen atoms in total. The van der Waals surface area contributed by atoms with Gasteiger partial charge < -0.3 is 18.9 Å². The average molecular weight is 476 g/mol. The molecule has 5 aliphatic rings. The molecule has 0 unspecified atom stereocenters. The van der Waals surface area contributed by atoms with E-state index in [1.807, 2.05) is 22.5 Å². The van der Waals surface area contributed by atoms with Gasteiger partial charge in [0.05, 0.1) is 16.9 Å². The lowest BCUT2D eigenvalue weighted by Crippen LogP contribution is -2.60. The van der Waals surface area contributed by atoms with Crippen LogP contribution < -0.4 is 14.9 Å². The van der Waals surface area contributed by atoms with Crippen molar-refractivity contribution >= 4 is 16.8 Å². The molecule has 4 aliphatic heterocycles. The normalized spacial score (nSPS) is 29.5. The Bertz CT molecular complexity index is 1300. The number of aryl methyl sites for hydroxylation is 1. The molecular formula is C28H33N3O4. The van der Waals surface area contributed by atoms with Gasteiger partial charge in [-0.15, -0.1) is 0 Å². The molecule has 0 saturated carbocycles. The topological polar surface area (TPSA) is 64.0 Å². The molecule has 7 heteroatoms. The van der Waals surface area contributed by atoms with Gasteiger partial charge in [-0.25, -0.2) is 0 Å². The van der Waals surface area contributed by atoms with Crippen molar-refractivity contribution in [3.63, 3.8) is 0 Å². The first-order chi connectivity index (χ1) is 17.1. The summed E-state index contributed by atoms with van der Waals surface area (Å²) < 4.78 is 13.1. The second-order valence-electron chi connectivity index (χ2n) is 10.9. The zero-order chi connectivity index (χ0) is 23.7. The van der Waals surface area contributed by atoms with Gasteiger partial charge in [-0.05, 0) is 63.5 Å². The predicted molar refractivity (Wildman–Crippen MR) is 133 cm³/mol. The van der Waals surface area contributed by atoms with Gasteiger partial charge in [-0.2, -0.15) is 0 Å². The maximum absolute atomic E-state index is 14.1. The number of carbonyl (C=O) groups excluding carboxylic acids is 1. The first-order valence-electron chi connectivity index (χ1n) is 13.3. The Morgan fingerprint density at radius 2 is 1.97 bits per heavy atom. The van der Waals surface area contributed by atoms with Crippen molar-refractivity contribution in [3.8, 4) is 11.5 Å². The standard InChI is InChI=1S/C28H33N3O4/c1-2-29-15-21(27(32)20-12-24-25(13-23(20)29)35-16-34-24)28(33)31-9-5-6-17-10-18-11-19(26(17)31)14-30-8-4-3-7-22(18)30/h10,12-13,15,18-19,22,26H,2-9,11,14,16H2,1H3/t18-,19+,22-,26+/m1/s1. The number of benzene rings is 1. The lowest BCUT2D eigenvalue weighted by Gasteiger charge is -2.54. The van der Waals surface area contributed by atoms with E-state index in [0.29, 0.717) is 41.3 Å². The number of hydrogen-bond acceptors (Lipinski definition) is 5. The van der Waals surface area contributed by atoms with E-state index in [4.69, 9.17) is 9.47 Å². The number of ether oxygens (including phenoxy) is 2. The van der Waals surface area contributed by atoms with Crippen molar-refractivity contribution in [2.24, 2.45) is 11.8 Å². The van der Waals surface area contributed by atoms with E-state index in [-0.39, 0.29) is 29.7 Å². The lowest BCUT2D eigenvalue weighted by molar-refractivity contribution is 0.00142. The molecule has 3 fully saturated rings. The zero-order valence-electron chi connectivity index (χ0n) is 20.4. The van der Waals surface area contributed by atoms with Crippen LogP contribution in [0.15, 0.2) is 34.8 Å². The summed E-state index contributed by atoms with van der Waals surface area (Å²) in [5, 5.41) is 0.521. The van der Waals surface area contributed by atoms with Crippen LogP contribution in [0.3, 0.4) is 0 Å². The minimum atomic E-state index is -0.211. The fourth-order valence-corrected chi connectivity index (χ4v) is 7.55. The van der Waals surface area contributed by atoms with E-state index in [9.17, 15) is 9.59 Å². The van der Waals surface area contributed by atoms with Crippen LogP contribution in [-0.4, -0.2) is 58.8 Å². The Hall–Kier alpha value is -2.80. The van der Waals surface area contributed by atoms with Crippen molar-refractivity contribution in [1.82, 2.24) is 14.4 Å². The first kappa shape index (κ1) is 21.5. The summed E-state index contributed by atoms with van der Waals surface area (Å²) in [6, 6.07) is 4.41. The highest BCUT2D eigenvalue weighted by Crippen LogP contribution is 2.45. The number of nitrogens with zero attached hydrogens (tertiary/aromatic N) is 3. The monoisotopic (exact) mass is 475 g/mol. The third kappa shape index (κ3) is 3.27. The third-order valence-electron chi connectivity index (χ3n) is 9.06. The minimum Gasteiger partial charge on any atom is -0.454 e. The molecule has 7 rings (SSSR count). The molecule has 2 aromatic rings. The largest absolute Gasteiger partial charge is 0.454 e. The lowest BCUT2D eigenvalue weighted by atomic mass is 9.68. The van der Waals surface area contributed by atoms with E-state index in [0.717, 1.165) is 31.4 Å². The summed E-state index contributed by atoms with van der Waals surface area (Å²) in [6.45, 7) is 5.82. The fraction of sp³-hybridized carbons (Fsp3) is 0.571. The molecule has 4 atom stereocenters. The maximum Gasteiger partial charge on any atom is 0.259 e. The van der Waals surface area contributed by atoms with Crippen LogP contribution in [-0.2, 0) is 6.54 Å². The smallest absolute Gasteiger partial charge is 0.259 e. The van der Waals surface area contributed by atoms with E-state index < -0.39 is 0 Å². The zero-order valence-corrected chi connectivity index (χ0v) is 20.4. The second-order valence-corrected chi connectivity index (χ2v) is 10.9. The third-order valence-corrected chi connectivity index (χ3v) is 9.06. The maximum atomic E-state index is 14.1. The van der Waals surface area contributed by atoms with Crippen molar-refractivity contribution in [2.75, 3.05) is 26.4 Å². The van der Waals surface area contributed by atoms with Gasteiger partial charge in [0, 0.05) is 37.9 Å². The molecule has 3 saturated heterocycles. The highest BCUT2D eigenvalue weighted by Gasteiger charge is 2.47. The van der Waals surface area contributed by atoms with Gasteiger partial charge in [0.2, 0.25) is 12.2 Å². The highest BCUT2D eigenvalue weighted by atomic mass is 16.7. The first-order valence-corrected chi connectivity index (χ1v) is 13.3. The summed E-state index contributed by atoms with van der Waals surface area (Å²) in [7, 11) is 0. The summed E-state index contributed by atoms with van der Waals surface area (Å²) in [5.74, 6) is 2.18. The summed E-state index contributed by atoms with van der Waals surface area (Å²) in [4.78, 5) is 32.5. The van der Waals surface area contributed by atoms with Crippen molar-refractivity contribution in [1.29, 1.82) is 0 Å². The Balaban J connectivity index is 1.28. The highest BCUT2D eigenvalue weighted by molar-refractivity contribution is 5.98. The predicted octanol–water partition coefficient (Wildman–Crippen LogP) is 3.79. The van der Waals surface area contributed by atoms with Gasteiger partial charge in [0.1, 0.15) is 5.56 Å². The van der Waals surface area contributed by atoms with E-state index >= 15 is 0 Å². The van der Waals surface area contributed by atoms with E-state index in [1.165, 1.54) is 37.8 Å². The number of amides is 1. The average Bonchev–Trinajstić information content (AvgIpc) is 3.35. The van der Waals surface area contributed by atoms with Crippen LogP contribution in [0.5, 0.6) is 11.5 Å². The van der Waals surface area contributed by atoms with Gasteiger partial charge >= 0.3 is 0 Å². The Labute approximate surface area is 205 Å². The number of aromatic nitrogens is 1. The van der Waals surface area contributed by atoms with Gasteiger partial charge in [-0.1, -0.05) is 18.1 Å². The SMILES string of the molecule is CCn1cc(C(=O)N2CCCC3=C[C@@H]4C[C@@H](CN5CCCC[C@H]45)[C@H]32)c(=O)c2cc3c(cc21)OCO3. The number of pyridine rings is 1. The van der Waals surface area contributed by atoms with Crippen LogP contribution in [0.2, 0.25) is 0 Å². The van der Waals surface area contributed by atoms with Crippen LogP contribution in [0.1, 0.15) is 55.8 Å². The summed E-state index contributed by atoms with van der Waals surface area (Å²) >= 11 is 0. The molecular weight excluding hydrogens is 442 g/mol. The molecule has 1 aliphatic carbocycles. The molecule has 0 radical (unpaired) electrons. The van der Waals surface area contributed by atoms with Crippen LogP contribution in [0.25, 0.3) is 10.9 Å². The van der Waals surface area contributed by atoms with E-state index in [2.05, 4.69) is 11.0 Å². The quantitative estimate of drug-likeness (QED) is 0.619. The molecule has 1 aromatic heterocycles. The number of rotatable bonds is 2. The molecule has 5 heterocycles. The molecule has 1 aromatic carbocycles. The Morgan fingerprint density at radius 3 is 2.83 bits per heavy atom. The van der Waals surface area contributed by atoms with Crippen LogP contribution in [0, 0.1) is 11.8 Å². The summed E-state index contributed by atoms with van der Waals surface area (Å²) in [5.41, 5.74) is 2.28. The Morgan fingerprint density at radius 1 is 1.11 bits per heavy atom.